The van der Waals surface area contributed by atoms with E-state index in [1.54, 1.807) is 13.8 Å². The summed E-state index contributed by atoms with van der Waals surface area (Å²) in [5.41, 5.74) is 0.340. The van der Waals surface area contributed by atoms with Crippen LogP contribution in [0.1, 0.15) is 131 Å². The van der Waals surface area contributed by atoms with Crippen molar-refractivity contribution < 1.29 is 36.7 Å². The van der Waals surface area contributed by atoms with E-state index in [-0.39, 0.29) is 65.1 Å². The zero-order chi connectivity index (χ0) is 38.7. The van der Waals surface area contributed by atoms with Gasteiger partial charge in [-0.25, -0.2) is 0 Å². The number of fused-ring (bicyclic) bond motifs is 5. The molecule has 9 unspecified atom stereocenters. The summed E-state index contributed by atoms with van der Waals surface area (Å²) in [7, 11) is 0. The van der Waals surface area contributed by atoms with Crippen LogP contribution < -0.4 is 0 Å². The third-order valence-corrected chi connectivity index (χ3v) is 14.6. The number of pyridine rings is 1. The number of alkyl halides is 3. The molecule has 8 nitrogen and oxygen atoms in total. The summed E-state index contributed by atoms with van der Waals surface area (Å²) < 4.78 is 52.1. The van der Waals surface area contributed by atoms with Gasteiger partial charge >= 0.3 is 12.1 Å². The Morgan fingerprint density at radius 1 is 1.00 bits per heavy atom. The highest BCUT2D eigenvalue weighted by molar-refractivity contribution is 5.75. The van der Waals surface area contributed by atoms with Crippen LogP contribution in [0, 0.1) is 51.8 Å². The summed E-state index contributed by atoms with van der Waals surface area (Å²) in [5, 5.41) is 8.77. The Kier molecular flexibility index (Phi) is 10.4. The van der Waals surface area contributed by atoms with Crippen molar-refractivity contribution in [3.8, 4) is 11.6 Å². The number of aldehydes is 2. The molecule has 0 spiro atoms. The molecule has 6 rings (SSSR count). The first-order chi connectivity index (χ1) is 24.8. The molecule has 0 bridgehead atoms. The summed E-state index contributed by atoms with van der Waals surface area (Å²) in [5.74, 6) is 2.00. The first kappa shape index (κ1) is 39.3. The molecule has 53 heavy (non-hydrogen) atoms. The molecule has 0 N–H and O–H groups in total. The first-order valence-electron chi connectivity index (χ1n) is 19.5. The molecule has 2 aromatic rings. The molecule has 4 aliphatic rings. The molecule has 0 amide bonds. The van der Waals surface area contributed by atoms with E-state index in [0.29, 0.717) is 30.1 Å². The SMILES string of the molecule is C/C(=C1/C2CCC3C(C)(CCC4C(C)C(OC(=O)CC(C)(C)C=O)CCC43C)C2CCC1(CC=O)c1nnc(-c2ccc(C(F)(F)F)cn2)o1)C(C)C. The van der Waals surface area contributed by atoms with Crippen molar-refractivity contribution in [2.45, 2.75) is 137 Å². The molecule has 4 aliphatic carbocycles. The van der Waals surface area contributed by atoms with Crippen molar-refractivity contribution >= 4 is 18.5 Å². The maximum atomic E-state index is 13.2. The van der Waals surface area contributed by atoms with Crippen LogP contribution in [0.5, 0.6) is 0 Å². The van der Waals surface area contributed by atoms with Crippen molar-refractivity contribution in [2.24, 2.45) is 51.8 Å². The fourth-order valence-corrected chi connectivity index (χ4v) is 11.7. The summed E-state index contributed by atoms with van der Waals surface area (Å²) in [6.07, 6.45) is 5.63. The largest absolute Gasteiger partial charge is 0.462 e. The number of rotatable bonds is 9. The van der Waals surface area contributed by atoms with E-state index in [9.17, 15) is 27.6 Å². The lowest BCUT2D eigenvalue weighted by Gasteiger charge is -2.67. The molecule has 9 atom stereocenters. The topological polar surface area (TPSA) is 112 Å². The van der Waals surface area contributed by atoms with Crippen molar-refractivity contribution in [3.63, 3.8) is 0 Å². The molecule has 0 saturated heterocycles. The maximum absolute atomic E-state index is 13.2. The van der Waals surface area contributed by atoms with E-state index in [1.807, 2.05) is 0 Å². The van der Waals surface area contributed by atoms with Gasteiger partial charge in [0.05, 0.1) is 17.4 Å². The molecule has 0 aliphatic heterocycles. The molecule has 4 saturated carbocycles. The predicted molar refractivity (Wildman–Crippen MR) is 193 cm³/mol. The minimum absolute atomic E-state index is 0.0347. The van der Waals surface area contributed by atoms with Crippen molar-refractivity contribution in [1.29, 1.82) is 0 Å². The fraction of sp³-hybridized carbons (Fsp3) is 0.714. The summed E-state index contributed by atoms with van der Waals surface area (Å²) in [6, 6.07) is 2.20. The van der Waals surface area contributed by atoms with E-state index >= 15 is 0 Å². The van der Waals surface area contributed by atoms with Crippen LogP contribution in [0.25, 0.3) is 11.6 Å². The average Bonchev–Trinajstić information content (AvgIpc) is 3.60. The standard InChI is InChI=1S/C42H56F3N3O5/c1-24(2)25(3)35-28-10-12-33-39(7)17-15-32(52-34(51)21-38(5,6)23-50)26(4)29(39)13-16-40(33,8)30(28)14-18-41(35,19-20-49)37-48-47-36(53-37)31-11-9-27(22-46-31)42(43,44)45/h9,11,20,22-24,26,28-30,32-33H,10,12-19,21H2,1-8H3/b35-25+. The van der Waals surface area contributed by atoms with Crippen LogP contribution in [0.4, 0.5) is 13.2 Å². The minimum atomic E-state index is -4.51. The number of ether oxygens (including phenoxy) is 1. The Bertz CT molecular complexity index is 1730. The number of carbonyl (C=O) groups is 3. The fourth-order valence-electron chi connectivity index (χ4n) is 11.7. The zero-order valence-corrected chi connectivity index (χ0v) is 32.5. The van der Waals surface area contributed by atoms with E-state index in [1.165, 1.54) is 17.2 Å². The van der Waals surface area contributed by atoms with Gasteiger partial charge in [-0.2, -0.15) is 13.2 Å². The predicted octanol–water partition coefficient (Wildman–Crippen LogP) is 9.77. The van der Waals surface area contributed by atoms with Crippen LogP contribution in [0.2, 0.25) is 0 Å². The Morgan fingerprint density at radius 2 is 1.68 bits per heavy atom. The third-order valence-electron chi connectivity index (χ3n) is 14.6. The van der Waals surface area contributed by atoms with Gasteiger partial charge < -0.3 is 18.7 Å². The number of carbonyl (C=O) groups excluding carboxylic acids is 3. The van der Waals surface area contributed by atoms with E-state index < -0.39 is 22.6 Å². The normalized spacial score (nSPS) is 35.5. The van der Waals surface area contributed by atoms with Gasteiger partial charge in [0, 0.05) is 18.0 Å². The molecular formula is C42H56F3N3O5. The Hall–Kier alpha value is -3.37. The molecule has 11 heteroatoms. The number of hydrogen-bond donors (Lipinski definition) is 0. The van der Waals surface area contributed by atoms with Crippen LogP contribution in [0.15, 0.2) is 33.9 Å². The second-order valence-electron chi connectivity index (χ2n) is 18.3. The highest BCUT2D eigenvalue weighted by Crippen LogP contribution is 2.71. The lowest BCUT2D eigenvalue weighted by molar-refractivity contribution is -0.190. The van der Waals surface area contributed by atoms with Gasteiger partial charge in [-0.15, -0.1) is 10.2 Å². The molecule has 2 aromatic heterocycles. The molecular weight excluding hydrogens is 683 g/mol. The van der Waals surface area contributed by atoms with Gasteiger partial charge in [0.1, 0.15) is 24.4 Å². The number of nitrogens with zero attached hydrogens (tertiary/aromatic N) is 3. The quantitative estimate of drug-likeness (QED) is 0.142. The lowest BCUT2D eigenvalue weighted by atomic mass is 9.38. The first-order valence-corrected chi connectivity index (χ1v) is 19.5. The second kappa shape index (κ2) is 14.0. The summed E-state index contributed by atoms with van der Waals surface area (Å²) >= 11 is 0. The number of hydrogen-bond acceptors (Lipinski definition) is 8. The molecule has 4 fully saturated rings. The highest BCUT2D eigenvalue weighted by atomic mass is 19.4. The Balaban J connectivity index is 1.30. The monoisotopic (exact) mass is 739 g/mol. The Morgan fingerprint density at radius 3 is 2.30 bits per heavy atom. The molecule has 0 radical (unpaired) electrons. The third kappa shape index (κ3) is 6.81. The van der Waals surface area contributed by atoms with E-state index in [2.05, 4.69) is 56.7 Å². The van der Waals surface area contributed by atoms with Gasteiger partial charge in [0.2, 0.25) is 5.89 Å². The maximum Gasteiger partial charge on any atom is 0.417 e. The average molecular weight is 740 g/mol. The number of allylic oxidation sites excluding steroid dienone is 2. The van der Waals surface area contributed by atoms with Gasteiger partial charge in [-0.1, -0.05) is 59.6 Å². The van der Waals surface area contributed by atoms with Crippen LogP contribution in [0.3, 0.4) is 0 Å². The number of esters is 1. The summed E-state index contributed by atoms with van der Waals surface area (Å²) in [4.78, 5) is 40.9. The van der Waals surface area contributed by atoms with Crippen molar-refractivity contribution in [1.82, 2.24) is 15.2 Å². The molecule has 2 heterocycles. The zero-order valence-electron chi connectivity index (χ0n) is 32.5. The van der Waals surface area contributed by atoms with Crippen LogP contribution >= 0.6 is 0 Å². The van der Waals surface area contributed by atoms with Gasteiger partial charge in [-0.3, -0.25) is 9.78 Å². The second-order valence-corrected chi connectivity index (χ2v) is 18.3. The van der Waals surface area contributed by atoms with Crippen molar-refractivity contribution in [3.05, 3.63) is 40.9 Å². The van der Waals surface area contributed by atoms with Gasteiger partial charge in [0.25, 0.3) is 5.89 Å². The van der Waals surface area contributed by atoms with Gasteiger partial charge in [-0.05, 0) is 117 Å². The van der Waals surface area contributed by atoms with Gasteiger partial charge in [0.15, 0.2) is 0 Å². The minimum Gasteiger partial charge on any atom is -0.462 e. The number of halogens is 3. The van der Waals surface area contributed by atoms with Crippen molar-refractivity contribution in [2.75, 3.05) is 0 Å². The van der Waals surface area contributed by atoms with Crippen LogP contribution in [-0.2, 0) is 30.7 Å². The van der Waals surface area contributed by atoms with E-state index in [0.717, 1.165) is 69.8 Å². The smallest absolute Gasteiger partial charge is 0.417 e. The summed E-state index contributed by atoms with van der Waals surface area (Å²) in [6.45, 7) is 17.3. The lowest BCUT2D eigenvalue weighted by Crippen LogP contribution is -2.61. The molecule has 0 aromatic carbocycles. The van der Waals surface area contributed by atoms with E-state index in [4.69, 9.17) is 9.15 Å². The highest BCUT2D eigenvalue weighted by Gasteiger charge is 2.64. The Labute approximate surface area is 311 Å². The molecule has 290 valence electrons. The van der Waals surface area contributed by atoms with Crippen LogP contribution in [-0.4, -0.2) is 39.8 Å². The number of aromatic nitrogens is 3.